The lowest BCUT2D eigenvalue weighted by molar-refractivity contribution is 0.101. The van der Waals surface area contributed by atoms with Crippen LogP contribution in [-0.2, 0) is 0 Å². The number of ether oxygens (including phenoxy) is 1. The average Bonchev–Trinajstić information content (AvgIpc) is 2.86. The Kier molecular flexibility index (Phi) is 7.90. The third kappa shape index (κ3) is 6.32. The fraction of sp³-hybridized carbons (Fsp3) is 0.259. The number of rotatable bonds is 7. The van der Waals surface area contributed by atoms with E-state index < -0.39 is 0 Å². The van der Waals surface area contributed by atoms with Gasteiger partial charge in [0.15, 0.2) is 0 Å². The Morgan fingerprint density at radius 2 is 1.60 bits per heavy atom. The van der Waals surface area contributed by atoms with Crippen LogP contribution in [0.4, 0.5) is 17.1 Å². The van der Waals surface area contributed by atoms with Gasteiger partial charge in [-0.15, -0.1) is 0 Å². The van der Waals surface area contributed by atoms with Crippen LogP contribution in [-0.4, -0.2) is 45.1 Å². The molecule has 0 bridgehead atoms. The topological polar surface area (TPSA) is 82.7 Å². The Bertz CT molecular complexity index is 1190. The molecule has 7 nitrogen and oxygen atoms in total. The molecule has 3 N–H and O–H groups in total. The van der Waals surface area contributed by atoms with Crippen molar-refractivity contribution >= 4 is 40.5 Å². The molecule has 1 saturated heterocycles. The molecule has 2 amide bonds. The minimum Gasteiger partial charge on any atom is -0.489 e. The van der Waals surface area contributed by atoms with Gasteiger partial charge < -0.3 is 25.6 Å². The number of piperidine rings is 1. The molecule has 1 aliphatic heterocycles. The highest BCUT2D eigenvalue weighted by Gasteiger charge is 2.21. The number of carbonyl (C=O) groups excluding carboxylic acids is 2. The van der Waals surface area contributed by atoms with Crippen molar-refractivity contribution < 1.29 is 14.3 Å². The van der Waals surface area contributed by atoms with E-state index in [2.05, 4.69) is 16.0 Å². The largest absolute Gasteiger partial charge is 0.489 e. The Morgan fingerprint density at radius 1 is 0.914 bits per heavy atom. The van der Waals surface area contributed by atoms with Crippen molar-refractivity contribution in [1.82, 2.24) is 5.32 Å². The van der Waals surface area contributed by atoms with Crippen LogP contribution >= 0.6 is 11.6 Å². The van der Waals surface area contributed by atoms with Crippen molar-refractivity contribution in [2.24, 2.45) is 0 Å². The molecule has 3 aromatic rings. The first-order valence-corrected chi connectivity index (χ1v) is 11.9. The Morgan fingerprint density at radius 3 is 2.31 bits per heavy atom. The van der Waals surface area contributed by atoms with Crippen molar-refractivity contribution in [2.75, 3.05) is 42.7 Å². The summed E-state index contributed by atoms with van der Waals surface area (Å²) < 4.78 is 6.28. The van der Waals surface area contributed by atoms with E-state index in [-0.39, 0.29) is 17.9 Å². The zero-order valence-corrected chi connectivity index (χ0v) is 20.6. The van der Waals surface area contributed by atoms with Gasteiger partial charge in [0, 0.05) is 36.6 Å². The van der Waals surface area contributed by atoms with Crippen molar-refractivity contribution in [2.45, 2.75) is 18.9 Å². The van der Waals surface area contributed by atoms with Crippen LogP contribution in [0.2, 0.25) is 5.02 Å². The summed E-state index contributed by atoms with van der Waals surface area (Å²) in [7, 11) is 3.89. The molecule has 0 spiro atoms. The van der Waals surface area contributed by atoms with Gasteiger partial charge in [0.2, 0.25) is 0 Å². The van der Waals surface area contributed by atoms with Gasteiger partial charge in [-0.05, 0) is 74.5 Å². The molecule has 4 rings (SSSR count). The molecule has 35 heavy (non-hydrogen) atoms. The summed E-state index contributed by atoms with van der Waals surface area (Å²) in [6.45, 7) is 1.77. The first-order chi connectivity index (χ1) is 16.9. The number of halogens is 1. The van der Waals surface area contributed by atoms with Gasteiger partial charge in [0.25, 0.3) is 11.8 Å². The third-order valence-electron chi connectivity index (χ3n) is 5.83. The quantitative estimate of drug-likeness (QED) is 0.430. The highest BCUT2D eigenvalue weighted by molar-refractivity contribution is 6.30. The number of nitrogens with one attached hydrogen (secondary N) is 3. The van der Waals surface area contributed by atoms with E-state index in [9.17, 15) is 9.59 Å². The Hall–Kier alpha value is -3.55. The Balaban J connectivity index is 1.56. The normalized spacial score (nSPS) is 13.7. The summed E-state index contributed by atoms with van der Waals surface area (Å²) in [4.78, 5) is 28.3. The van der Waals surface area contributed by atoms with Gasteiger partial charge in [0.1, 0.15) is 11.9 Å². The smallest absolute Gasteiger partial charge is 0.259 e. The van der Waals surface area contributed by atoms with Crippen LogP contribution < -0.4 is 25.6 Å². The molecule has 0 aromatic heterocycles. The highest BCUT2D eigenvalue weighted by atomic mass is 35.5. The second-order valence-corrected chi connectivity index (χ2v) is 9.04. The number of carbonyl (C=O) groups is 2. The van der Waals surface area contributed by atoms with Crippen LogP contribution in [0.1, 0.15) is 33.6 Å². The standard InChI is InChI=1S/C27H29ClN4O3/c1-32(2)20-11-12-23(25(17-20)35-21-13-15-29-16-14-21)27(34)31-24-6-4-3-5-22(24)26(33)30-19-9-7-18(28)8-10-19/h3-12,17,21,29H,13-16H2,1-2H3,(H,30,33)(H,31,34). The zero-order valence-electron chi connectivity index (χ0n) is 19.8. The second-order valence-electron chi connectivity index (χ2n) is 8.60. The van der Waals surface area contributed by atoms with E-state index in [4.69, 9.17) is 16.3 Å². The maximum absolute atomic E-state index is 13.4. The van der Waals surface area contributed by atoms with E-state index >= 15 is 0 Å². The number of hydrogen-bond donors (Lipinski definition) is 3. The molecule has 1 fully saturated rings. The molecule has 0 radical (unpaired) electrons. The van der Waals surface area contributed by atoms with Crippen LogP contribution in [0, 0.1) is 0 Å². The van der Waals surface area contributed by atoms with E-state index in [1.54, 1.807) is 54.6 Å². The van der Waals surface area contributed by atoms with Crippen molar-refractivity contribution in [1.29, 1.82) is 0 Å². The minimum absolute atomic E-state index is 0.0395. The van der Waals surface area contributed by atoms with Crippen molar-refractivity contribution in [3.05, 3.63) is 82.9 Å². The van der Waals surface area contributed by atoms with E-state index in [1.165, 1.54) is 0 Å². The van der Waals surface area contributed by atoms with Gasteiger partial charge in [-0.1, -0.05) is 23.7 Å². The lowest BCUT2D eigenvalue weighted by Gasteiger charge is -2.26. The number of nitrogens with zero attached hydrogens (tertiary/aromatic N) is 1. The maximum Gasteiger partial charge on any atom is 0.259 e. The first kappa shape index (κ1) is 24.6. The molecule has 3 aromatic carbocycles. The molecule has 182 valence electrons. The van der Waals surface area contributed by atoms with E-state index in [1.807, 2.05) is 31.1 Å². The Labute approximate surface area is 210 Å². The lowest BCUT2D eigenvalue weighted by atomic mass is 10.1. The molecule has 8 heteroatoms. The molecule has 0 unspecified atom stereocenters. The van der Waals surface area contributed by atoms with Crippen molar-refractivity contribution in [3.63, 3.8) is 0 Å². The van der Waals surface area contributed by atoms with Gasteiger partial charge in [-0.25, -0.2) is 0 Å². The fourth-order valence-corrected chi connectivity index (χ4v) is 4.00. The summed E-state index contributed by atoms with van der Waals surface area (Å²) >= 11 is 5.93. The molecule has 1 aliphatic rings. The van der Waals surface area contributed by atoms with Gasteiger partial charge in [-0.3, -0.25) is 9.59 Å². The predicted octanol–water partition coefficient (Wildman–Crippen LogP) is 5.04. The number of benzene rings is 3. The molecule has 1 heterocycles. The maximum atomic E-state index is 13.4. The van der Waals surface area contributed by atoms with E-state index in [0.29, 0.717) is 33.3 Å². The number of hydrogen-bond acceptors (Lipinski definition) is 5. The van der Waals surface area contributed by atoms with Crippen LogP contribution in [0.25, 0.3) is 0 Å². The summed E-state index contributed by atoms with van der Waals surface area (Å²) in [5.74, 6) is -0.146. The number of amides is 2. The van der Waals surface area contributed by atoms with Crippen LogP contribution in [0.15, 0.2) is 66.7 Å². The van der Waals surface area contributed by atoms with Gasteiger partial charge in [0.05, 0.1) is 16.8 Å². The van der Waals surface area contributed by atoms with Crippen molar-refractivity contribution in [3.8, 4) is 5.75 Å². The van der Waals surface area contributed by atoms with E-state index in [0.717, 1.165) is 31.6 Å². The highest BCUT2D eigenvalue weighted by Crippen LogP contribution is 2.29. The lowest BCUT2D eigenvalue weighted by Crippen LogP contribution is -2.34. The van der Waals surface area contributed by atoms with Gasteiger partial charge >= 0.3 is 0 Å². The molecule has 0 saturated carbocycles. The average molecular weight is 493 g/mol. The van der Waals surface area contributed by atoms with Crippen LogP contribution in [0.3, 0.4) is 0 Å². The van der Waals surface area contributed by atoms with Gasteiger partial charge in [-0.2, -0.15) is 0 Å². The summed E-state index contributed by atoms with van der Waals surface area (Å²) in [5.41, 5.74) is 2.72. The molecule has 0 aliphatic carbocycles. The molecule has 0 atom stereocenters. The molecular weight excluding hydrogens is 464 g/mol. The minimum atomic E-state index is -0.342. The monoisotopic (exact) mass is 492 g/mol. The summed E-state index contributed by atoms with van der Waals surface area (Å²) in [5, 5.41) is 9.65. The first-order valence-electron chi connectivity index (χ1n) is 11.6. The number of anilines is 3. The zero-order chi connectivity index (χ0) is 24.8. The number of para-hydroxylation sites is 1. The van der Waals surface area contributed by atoms with Crippen LogP contribution in [0.5, 0.6) is 5.75 Å². The second kappa shape index (κ2) is 11.3. The SMILES string of the molecule is CN(C)c1ccc(C(=O)Nc2ccccc2C(=O)Nc2ccc(Cl)cc2)c(OC2CCNCC2)c1. The fourth-order valence-electron chi connectivity index (χ4n) is 3.88. The summed E-state index contributed by atoms with van der Waals surface area (Å²) in [6, 6.07) is 19.3. The molecular formula is C27H29ClN4O3. The predicted molar refractivity (Wildman–Crippen MR) is 141 cm³/mol. The third-order valence-corrected chi connectivity index (χ3v) is 6.08. The summed E-state index contributed by atoms with van der Waals surface area (Å²) in [6.07, 6.45) is 1.79.